The van der Waals surface area contributed by atoms with Crippen LogP contribution >= 0.6 is 0 Å². The highest BCUT2D eigenvalue weighted by molar-refractivity contribution is 7.92. The van der Waals surface area contributed by atoms with Crippen molar-refractivity contribution in [2.75, 3.05) is 10.8 Å². The van der Waals surface area contributed by atoms with Crippen LogP contribution < -0.4 is 14.8 Å². The number of benzene rings is 1. The van der Waals surface area contributed by atoms with Crippen molar-refractivity contribution in [1.29, 1.82) is 0 Å². The van der Waals surface area contributed by atoms with Crippen LogP contribution in [0.15, 0.2) is 6.07 Å². The summed E-state index contributed by atoms with van der Waals surface area (Å²) in [4.78, 5) is 11.3. The number of carbonyl (C=O) groups excluding carboxylic acids is 1. The van der Waals surface area contributed by atoms with Gasteiger partial charge in [0.1, 0.15) is 18.0 Å². The van der Waals surface area contributed by atoms with Crippen molar-refractivity contribution in [2.24, 2.45) is 5.73 Å². The number of carbonyl (C=O) groups is 1. The Morgan fingerprint density at radius 3 is 2.68 bits per heavy atom. The predicted octanol–water partition coefficient (Wildman–Crippen LogP) is -0.0816. The molecule has 3 rings (SSSR count). The van der Waals surface area contributed by atoms with E-state index < -0.39 is 39.9 Å². The molecule has 0 aromatic heterocycles. The summed E-state index contributed by atoms with van der Waals surface area (Å²) < 4.78 is 40.8. The molecule has 0 radical (unpaired) electrons. The molecule has 1 saturated heterocycles. The van der Waals surface area contributed by atoms with Gasteiger partial charge in [0.15, 0.2) is 5.82 Å². The number of nitrogens with two attached hydrogens (primary N) is 1. The standard InChI is InChI=1S/C13H16FN3O4S/c14-12-9-4-3-8(15)2-1-7(9)5-10(18)13(12)17-6-11(19)16-22(17,20)21/h5,8,18H,1-4,6,15H2,(H,16,19)/t8-/m0/s1. The number of aryl methyl sites for hydroxylation is 1. The van der Waals surface area contributed by atoms with Gasteiger partial charge in [-0.15, -0.1) is 0 Å². The summed E-state index contributed by atoms with van der Waals surface area (Å²) in [5.74, 6) is -2.06. The largest absolute Gasteiger partial charge is 0.506 e. The molecule has 9 heteroatoms. The third kappa shape index (κ3) is 2.40. The zero-order valence-electron chi connectivity index (χ0n) is 11.7. The molecule has 4 N–H and O–H groups in total. The molecule has 7 nitrogen and oxygen atoms in total. The van der Waals surface area contributed by atoms with E-state index in [1.54, 1.807) is 4.72 Å². The normalized spacial score (nSPS) is 23.8. The third-order valence-corrected chi connectivity index (χ3v) is 5.41. The van der Waals surface area contributed by atoms with Crippen molar-refractivity contribution in [1.82, 2.24) is 4.72 Å². The minimum absolute atomic E-state index is 0.0591. The predicted molar refractivity (Wildman–Crippen MR) is 77.1 cm³/mol. The van der Waals surface area contributed by atoms with E-state index in [2.05, 4.69) is 0 Å². The molecule has 2 aliphatic rings. The zero-order valence-corrected chi connectivity index (χ0v) is 12.5. The first-order valence-electron chi connectivity index (χ1n) is 6.91. The van der Waals surface area contributed by atoms with Gasteiger partial charge in [-0.05, 0) is 42.9 Å². The lowest BCUT2D eigenvalue weighted by molar-refractivity contribution is -0.117. The molecule has 22 heavy (non-hydrogen) atoms. The fraction of sp³-hybridized carbons (Fsp3) is 0.462. The van der Waals surface area contributed by atoms with E-state index in [1.165, 1.54) is 6.07 Å². The quantitative estimate of drug-likeness (QED) is 0.624. The van der Waals surface area contributed by atoms with E-state index in [0.29, 0.717) is 41.1 Å². The van der Waals surface area contributed by atoms with E-state index in [9.17, 15) is 22.7 Å². The van der Waals surface area contributed by atoms with E-state index in [0.717, 1.165) is 0 Å². The second kappa shape index (κ2) is 5.10. The van der Waals surface area contributed by atoms with Crippen LogP contribution in [0.4, 0.5) is 10.1 Å². The molecular weight excluding hydrogens is 313 g/mol. The second-order valence-electron chi connectivity index (χ2n) is 5.57. The summed E-state index contributed by atoms with van der Waals surface area (Å²) in [7, 11) is -4.17. The van der Waals surface area contributed by atoms with Crippen LogP contribution in [0.2, 0.25) is 0 Å². The minimum Gasteiger partial charge on any atom is -0.506 e. The molecule has 1 aliphatic heterocycles. The summed E-state index contributed by atoms with van der Waals surface area (Å²) >= 11 is 0. The molecule has 1 aromatic rings. The number of rotatable bonds is 1. The van der Waals surface area contributed by atoms with Crippen molar-refractivity contribution in [3.63, 3.8) is 0 Å². The molecule has 1 heterocycles. The minimum atomic E-state index is -4.17. The highest BCUT2D eigenvalue weighted by atomic mass is 32.2. The lowest BCUT2D eigenvalue weighted by Gasteiger charge is -2.20. The lowest BCUT2D eigenvalue weighted by atomic mass is 10.0. The monoisotopic (exact) mass is 329 g/mol. The Morgan fingerprint density at radius 1 is 1.36 bits per heavy atom. The average molecular weight is 329 g/mol. The maximum absolute atomic E-state index is 14.8. The molecule has 0 unspecified atom stereocenters. The molecule has 0 saturated carbocycles. The first kappa shape index (κ1) is 15.0. The highest BCUT2D eigenvalue weighted by Gasteiger charge is 2.38. The second-order valence-corrected chi connectivity index (χ2v) is 7.17. The third-order valence-electron chi connectivity index (χ3n) is 4.03. The number of nitrogens with one attached hydrogen (secondary N) is 1. The molecule has 1 atom stereocenters. The van der Waals surface area contributed by atoms with Gasteiger partial charge in [0, 0.05) is 6.04 Å². The number of halogens is 1. The Morgan fingerprint density at radius 2 is 2.05 bits per heavy atom. The molecular formula is C13H16FN3O4S. The molecule has 1 amide bonds. The molecule has 1 aliphatic carbocycles. The number of anilines is 1. The fourth-order valence-corrected chi connectivity index (χ4v) is 4.07. The van der Waals surface area contributed by atoms with Gasteiger partial charge in [-0.2, -0.15) is 8.42 Å². The first-order valence-corrected chi connectivity index (χ1v) is 8.35. The summed E-state index contributed by atoms with van der Waals surface area (Å²) in [6, 6.07) is 1.31. The summed E-state index contributed by atoms with van der Waals surface area (Å²) in [5.41, 5.74) is 6.38. The maximum atomic E-state index is 14.8. The number of fused-ring (bicyclic) bond motifs is 1. The smallest absolute Gasteiger partial charge is 0.326 e. The average Bonchev–Trinajstić information content (AvgIpc) is 2.57. The van der Waals surface area contributed by atoms with Crippen molar-refractivity contribution < 1.29 is 22.7 Å². The van der Waals surface area contributed by atoms with Crippen LogP contribution in [0.25, 0.3) is 0 Å². The topological polar surface area (TPSA) is 113 Å². The molecule has 0 spiro atoms. The molecule has 1 aromatic carbocycles. The number of amides is 1. The van der Waals surface area contributed by atoms with Gasteiger partial charge < -0.3 is 10.8 Å². The van der Waals surface area contributed by atoms with Crippen molar-refractivity contribution in [2.45, 2.75) is 31.7 Å². The van der Waals surface area contributed by atoms with Gasteiger partial charge >= 0.3 is 10.2 Å². The molecule has 0 bridgehead atoms. The number of phenols is 1. The Labute approximate surface area is 127 Å². The Balaban J connectivity index is 2.13. The van der Waals surface area contributed by atoms with Crippen LogP contribution in [0.3, 0.4) is 0 Å². The van der Waals surface area contributed by atoms with Crippen molar-refractivity contribution in [3.8, 4) is 5.75 Å². The van der Waals surface area contributed by atoms with E-state index in [4.69, 9.17) is 5.73 Å². The number of hydrogen-bond donors (Lipinski definition) is 3. The van der Waals surface area contributed by atoms with Gasteiger partial charge in [-0.3, -0.25) is 4.79 Å². The Hall–Kier alpha value is -1.87. The zero-order chi connectivity index (χ0) is 16.1. The van der Waals surface area contributed by atoms with Crippen molar-refractivity contribution >= 4 is 21.8 Å². The summed E-state index contributed by atoms with van der Waals surface area (Å²) in [5, 5.41) is 10.1. The van der Waals surface area contributed by atoms with E-state index in [-0.39, 0.29) is 6.04 Å². The Kier molecular flexibility index (Phi) is 3.48. The number of phenolic OH excluding ortho intramolecular Hbond substituents is 1. The molecule has 1 fully saturated rings. The molecule has 120 valence electrons. The van der Waals surface area contributed by atoms with Crippen LogP contribution in [-0.4, -0.2) is 32.0 Å². The first-order chi connectivity index (χ1) is 10.3. The SMILES string of the molecule is N[C@H]1CCc2cc(O)c(N3CC(=O)NS3(=O)=O)c(F)c2CC1. The summed E-state index contributed by atoms with van der Waals surface area (Å²) in [6.07, 6.45) is 2.14. The number of aromatic hydroxyl groups is 1. The number of nitrogens with zero attached hydrogens (tertiary/aromatic N) is 1. The fourth-order valence-electron chi connectivity index (χ4n) is 2.91. The van der Waals surface area contributed by atoms with E-state index in [1.807, 2.05) is 0 Å². The van der Waals surface area contributed by atoms with Crippen LogP contribution in [0.5, 0.6) is 5.75 Å². The van der Waals surface area contributed by atoms with Crippen LogP contribution in [0, 0.1) is 5.82 Å². The highest BCUT2D eigenvalue weighted by Crippen LogP contribution is 2.38. The van der Waals surface area contributed by atoms with Gasteiger partial charge in [0.25, 0.3) is 5.91 Å². The van der Waals surface area contributed by atoms with E-state index >= 15 is 0 Å². The van der Waals surface area contributed by atoms with Crippen LogP contribution in [0.1, 0.15) is 24.0 Å². The Bertz CT molecular complexity index is 750. The van der Waals surface area contributed by atoms with Crippen LogP contribution in [-0.2, 0) is 27.8 Å². The van der Waals surface area contributed by atoms with Gasteiger partial charge in [0.05, 0.1) is 0 Å². The van der Waals surface area contributed by atoms with Gasteiger partial charge in [-0.25, -0.2) is 13.4 Å². The summed E-state index contributed by atoms with van der Waals surface area (Å²) in [6.45, 7) is -0.550. The maximum Gasteiger partial charge on any atom is 0.326 e. The van der Waals surface area contributed by atoms with Gasteiger partial charge in [-0.1, -0.05) is 0 Å². The van der Waals surface area contributed by atoms with Crippen molar-refractivity contribution in [3.05, 3.63) is 23.0 Å². The number of hydrogen-bond acceptors (Lipinski definition) is 5. The van der Waals surface area contributed by atoms with Gasteiger partial charge in [0.2, 0.25) is 0 Å². The lowest BCUT2D eigenvalue weighted by Crippen LogP contribution is -2.30.